The highest BCUT2D eigenvalue weighted by molar-refractivity contribution is 7.85. The van der Waals surface area contributed by atoms with Crippen molar-refractivity contribution in [2.24, 2.45) is 0 Å². The molecule has 0 saturated carbocycles. The summed E-state index contributed by atoms with van der Waals surface area (Å²) in [6.45, 7) is 2.92. The zero-order valence-electron chi connectivity index (χ0n) is 11.2. The van der Waals surface area contributed by atoms with Gasteiger partial charge in [-0.05, 0) is 24.6 Å². The molecule has 0 bridgehead atoms. The van der Waals surface area contributed by atoms with Crippen molar-refractivity contribution in [3.63, 3.8) is 0 Å². The summed E-state index contributed by atoms with van der Waals surface area (Å²) in [4.78, 5) is 0.220. The molecule has 0 saturated heterocycles. The van der Waals surface area contributed by atoms with Crippen molar-refractivity contribution in [2.75, 3.05) is 24.7 Å². The highest BCUT2D eigenvalue weighted by Crippen LogP contribution is 2.32. The third kappa shape index (κ3) is 5.13. The summed E-state index contributed by atoms with van der Waals surface area (Å²) in [5, 5.41) is 0. The fraction of sp³-hybridized carbons (Fsp3) is 0.538. The van der Waals surface area contributed by atoms with Crippen LogP contribution >= 0.6 is 0 Å². The van der Waals surface area contributed by atoms with Gasteiger partial charge in [-0.2, -0.15) is 13.2 Å². The molecule has 20 heavy (non-hydrogen) atoms. The average molecular weight is 309 g/mol. The number of benzene rings is 1. The summed E-state index contributed by atoms with van der Waals surface area (Å²) in [5.74, 6) is 0.222. The number of alkyl halides is 3. The Hall–Kier alpha value is -1.08. The molecule has 0 heterocycles. The quantitative estimate of drug-likeness (QED) is 0.621. The minimum atomic E-state index is -4.45. The van der Waals surface area contributed by atoms with Crippen LogP contribution in [0.1, 0.15) is 25.3 Å². The second-order valence-corrected chi connectivity index (χ2v) is 5.81. The number of nitrogen functional groups attached to an aromatic ring is 1. The van der Waals surface area contributed by atoms with Crippen LogP contribution in [0.4, 0.5) is 18.9 Å². The van der Waals surface area contributed by atoms with E-state index in [1.54, 1.807) is 0 Å². The van der Waals surface area contributed by atoms with Gasteiger partial charge in [0.15, 0.2) is 0 Å². The SMILES string of the molecule is CCCCOCCS(=O)c1ccc(C(F)(F)F)cc1N. The predicted octanol–water partition coefficient (Wildman–Crippen LogP) is 3.21. The molecule has 7 heteroatoms. The van der Waals surface area contributed by atoms with Gasteiger partial charge in [-0.25, -0.2) is 0 Å². The summed E-state index contributed by atoms with van der Waals surface area (Å²) in [7, 11) is -1.45. The predicted molar refractivity (Wildman–Crippen MR) is 72.9 cm³/mol. The molecule has 1 unspecified atom stereocenters. The first-order valence-electron chi connectivity index (χ1n) is 6.29. The lowest BCUT2D eigenvalue weighted by Crippen LogP contribution is -2.11. The number of halogens is 3. The van der Waals surface area contributed by atoms with Crippen molar-refractivity contribution in [3.05, 3.63) is 23.8 Å². The average Bonchev–Trinajstić information content (AvgIpc) is 2.37. The molecule has 1 aromatic carbocycles. The third-order valence-electron chi connectivity index (χ3n) is 2.64. The minimum absolute atomic E-state index is 0.105. The lowest BCUT2D eigenvalue weighted by molar-refractivity contribution is -0.137. The van der Waals surface area contributed by atoms with E-state index in [4.69, 9.17) is 10.5 Å². The van der Waals surface area contributed by atoms with Gasteiger partial charge in [0, 0.05) is 12.3 Å². The van der Waals surface area contributed by atoms with Gasteiger partial charge < -0.3 is 10.5 Å². The van der Waals surface area contributed by atoms with E-state index in [-0.39, 0.29) is 16.3 Å². The smallest absolute Gasteiger partial charge is 0.398 e. The van der Waals surface area contributed by atoms with Crippen LogP contribution < -0.4 is 5.73 Å². The summed E-state index contributed by atoms with van der Waals surface area (Å²) in [6.07, 6.45) is -2.51. The van der Waals surface area contributed by atoms with E-state index < -0.39 is 22.5 Å². The van der Waals surface area contributed by atoms with Crippen molar-refractivity contribution in [2.45, 2.75) is 30.8 Å². The first-order valence-corrected chi connectivity index (χ1v) is 7.61. The number of nitrogens with two attached hydrogens (primary N) is 1. The Morgan fingerprint density at radius 2 is 2.00 bits per heavy atom. The lowest BCUT2D eigenvalue weighted by atomic mass is 10.2. The second-order valence-electron chi connectivity index (χ2n) is 4.27. The molecule has 0 radical (unpaired) electrons. The van der Waals surface area contributed by atoms with Crippen molar-refractivity contribution in [1.29, 1.82) is 0 Å². The molecule has 1 atom stereocenters. The van der Waals surface area contributed by atoms with E-state index in [1.165, 1.54) is 6.07 Å². The van der Waals surface area contributed by atoms with E-state index >= 15 is 0 Å². The third-order valence-corrected chi connectivity index (χ3v) is 4.04. The van der Waals surface area contributed by atoms with Crippen LogP contribution in [-0.4, -0.2) is 23.2 Å². The van der Waals surface area contributed by atoms with E-state index in [1.807, 2.05) is 6.92 Å². The van der Waals surface area contributed by atoms with Gasteiger partial charge in [0.1, 0.15) is 0 Å². The summed E-state index contributed by atoms with van der Waals surface area (Å²) >= 11 is 0. The molecular weight excluding hydrogens is 291 g/mol. The van der Waals surface area contributed by atoms with E-state index in [9.17, 15) is 17.4 Å². The molecule has 0 aromatic heterocycles. The van der Waals surface area contributed by atoms with Gasteiger partial charge in [0.25, 0.3) is 0 Å². The normalized spacial score (nSPS) is 13.4. The van der Waals surface area contributed by atoms with Crippen LogP contribution in [0.15, 0.2) is 23.1 Å². The van der Waals surface area contributed by atoms with Gasteiger partial charge in [-0.3, -0.25) is 4.21 Å². The highest BCUT2D eigenvalue weighted by atomic mass is 32.2. The first kappa shape index (κ1) is 17.0. The van der Waals surface area contributed by atoms with Crippen molar-refractivity contribution >= 4 is 16.5 Å². The minimum Gasteiger partial charge on any atom is -0.398 e. The number of ether oxygens (including phenoxy) is 1. The molecule has 0 fully saturated rings. The maximum Gasteiger partial charge on any atom is 0.416 e. The second kappa shape index (κ2) is 7.64. The van der Waals surface area contributed by atoms with E-state index in [0.717, 1.165) is 25.0 Å². The van der Waals surface area contributed by atoms with Crippen LogP contribution in [0.2, 0.25) is 0 Å². The molecule has 1 aromatic rings. The lowest BCUT2D eigenvalue weighted by Gasteiger charge is -2.10. The fourth-order valence-electron chi connectivity index (χ4n) is 1.53. The molecule has 0 aliphatic heterocycles. The molecule has 2 N–H and O–H groups in total. The topological polar surface area (TPSA) is 52.3 Å². The Kier molecular flexibility index (Phi) is 6.48. The maximum atomic E-state index is 12.5. The molecule has 114 valence electrons. The van der Waals surface area contributed by atoms with Crippen molar-refractivity contribution < 1.29 is 22.1 Å². The van der Waals surface area contributed by atoms with E-state index in [0.29, 0.717) is 13.2 Å². The van der Waals surface area contributed by atoms with E-state index in [2.05, 4.69) is 0 Å². The number of unbranched alkanes of at least 4 members (excludes halogenated alkanes) is 1. The molecule has 0 spiro atoms. The largest absolute Gasteiger partial charge is 0.416 e. The number of anilines is 1. The number of rotatable bonds is 7. The zero-order chi connectivity index (χ0) is 15.2. The molecule has 1 rings (SSSR count). The fourth-order valence-corrected chi connectivity index (χ4v) is 2.56. The van der Waals surface area contributed by atoms with Crippen LogP contribution in [0.5, 0.6) is 0 Å². The molecule has 0 amide bonds. The first-order chi connectivity index (χ1) is 9.36. The Balaban J connectivity index is 2.61. The van der Waals surface area contributed by atoms with Gasteiger partial charge >= 0.3 is 6.18 Å². The number of hydrogen-bond donors (Lipinski definition) is 1. The van der Waals surface area contributed by atoms with Crippen LogP contribution in [0.25, 0.3) is 0 Å². The standard InChI is InChI=1S/C13H18F3NO2S/c1-2-3-6-19-7-8-20(18)12-5-4-10(9-11(12)17)13(14,15)16/h4-5,9H,2-3,6-8,17H2,1H3. The van der Waals surface area contributed by atoms with Crippen LogP contribution in [-0.2, 0) is 21.7 Å². The highest BCUT2D eigenvalue weighted by Gasteiger charge is 2.31. The van der Waals surface area contributed by atoms with Crippen molar-refractivity contribution in [1.82, 2.24) is 0 Å². The van der Waals surface area contributed by atoms with Crippen molar-refractivity contribution in [3.8, 4) is 0 Å². The maximum absolute atomic E-state index is 12.5. The summed E-state index contributed by atoms with van der Waals surface area (Å²) in [5.41, 5.74) is 4.59. The van der Waals surface area contributed by atoms with Gasteiger partial charge in [0.05, 0.1) is 33.6 Å². The van der Waals surface area contributed by atoms with Gasteiger partial charge in [-0.15, -0.1) is 0 Å². The molecular formula is C13H18F3NO2S. The molecule has 0 aliphatic carbocycles. The van der Waals surface area contributed by atoms with Crippen LogP contribution in [0, 0.1) is 0 Å². The Morgan fingerprint density at radius 3 is 2.55 bits per heavy atom. The van der Waals surface area contributed by atoms with Crippen LogP contribution in [0.3, 0.4) is 0 Å². The Morgan fingerprint density at radius 1 is 1.30 bits per heavy atom. The van der Waals surface area contributed by atoms with Gasteiger partial charge in [0.2, 0.25) is 0 Å². The van der Waals surface area contributed by atoms with Gasteiger partial charge in [-0.1, -0.05) is 13.3 Å². The monoisotopic (exact) mass is 309 g/mol. The molecule has 0 aliphatic rings. The Bertz CT molecular complexity index is 463. The summed E-state index contributed by atoms with van der Waals surface area (Å²) in [6, 6.07) is 2.87. The number of hydrogen-bond acceptors (Lipinski definition) is 3. The Labute approximate surface area is 118 Å². The molecule has 3 nitrogen and oxygen atoms in total. The zero-order valence-corrected chi connectivity index (χ0v) is 12.0. The summed E-state index contributed by atoms with van der Waals surface area (Å²) < 4.78 is 54.6.